The Kier molecular flexibility index (Phi) is 22.2. The second kappa shape index (κ2) is 26.5. The van der Waals surface area contributed by atoms with E-state index in [1.54, 1.807) is 105 Å². The van der Waals surface area contributed by atoms with Gasteiger partial charge in [0.25, 0.3) is 0 Å². The number of ether oxygens (including phenoxy) is 6. The smallest absolute Gasteiger partial charge is 0.408 e. The Bertz CT molecular complexity index is 2240. The number of esters is 4. The van der Waals surface area contributed by atoms with Crippen molar-refractivity contribution < 1.29 is 66.8 Å². The fourth-order valence-electron chi connectivity index (χ4n) is 6.70. The molecule has 0 spiro atoms. The van der Waals surface area contributed by atoms with Gasteiger partial charge in [0.2, 0.25) is 11.8 Å². The van der Waals surface area contributed by atoms with E-state index in [1.807, 2.05) is 20.8 Å². The van der Waals surface area contributed by atoms with Gasteiger partial charge in [-0.2, -0.15) is 0 Å². The number of alkyl halides is 1. The van der Waals surface area contributed by atoms with E-state index in [9.17, 15) is 38.4 Å². The van der Waals surface area contributed by atoms with Crippen molar-refractivity contribution in [3.8, 4) is 0 Å². The van der Waals surface area contributed by atoms with Crippen LogP contribution in [0.15, 0.2) is 54.6 Å². The summed E-state index contributed by atoms with van der Waals surface area (Å²) in [6.45, 7) is 18.7. The molecule has 1 aliphatic rings. The highest BCUT2D eigenvalue weighted by Crippen LogP contribution is 2.35. The lowest BCUT2D eigenvalue weighted by Gasteiger charge is -2.34. The minimum Gasteiger partial charge on any atom is -0.460 e. The molecule has 3 rings (SSSR count). The number of rotatable bonds is 15. The number of benzene rings is 2. The van der Waals surface area contributed by atoms with Gasteiger partial charge >= 0.3 is 36.1 Å². The number of cyclic esters (lactones) is 2. The predicted octanol–water partition coefficient (Wildman–Crippen LogP) is 7.27. The molecule has 0 aromatic heterocycles. The van der Waals surface area contributed by atoms with Crippen LogP contribution >= 0.6 is 23.2 Å². The molecule has 6 unspecified atom stereocenters. The molecule has 20 heteroatoms. The molecule has 6 atom stereocenters. The Hall–Kier alpha value is -5.88. The zero-order valence-corrected chi connectivity index (χ0v) is 44.2. The van der Waals surface area contributed by atoms with Gasteiger partial charge < -0.3 is 49.7 Å². The van der Waals surface area contributed by atoms with Gasteiger partial charge in [-0.15, -0.1) is 11.6 Å². The summed E-state index contributed by atoms with van der Waals surface area (Å²) in [5, 5.41) is 9.49. The number of nitrogens with one attached hydrogen (secondary N) is 4. The number of carbonyl (C=O) groups is 8. The van der Waals surface area contributed by atoms with E-state index in [0.29, 0.717) is 21.7 Å². The average molecular weight is 1030 g/mol. The van der Waals surface area contributed by atoms with Gasteiger partial charge in [0.15, 0.2) is 6.10 Å². The fourth-order valence-corrected chi connectivity index (χ4v) is 7.33. The second-order valence-electron chi connectivity index (χ2n) is 20.4. The third kappa shape index (κ3) is 21.2. The summed E-state index contributed by atoms with van der Waals surface area (Å²) < 4.78 is 33.7. The third-order valence-electron chi connectivity index (χ3n) is 10.6. The molecule has 1 heterocycles. The standard InChI is InChI=1S/C51H70Cl2N4O14/c1-29(2)22-38-45(62)67-37(14-13-15-39(58)57-36(24-33-17-16-30(3)35(52)23-33)44(61)56-28-51(11,12)46(63)68-38)31(4)43(69-41(60)26-55-48(65)71-50(8,9)10)42(53)34-20-18-32(19-21-34)27-66-40(59)25-54-47(64)70-49(5,6)7/h13,15-21,23,29,31,36-38,42-43H,14,22,24-28H2,1-12H3,(H,54,64)(H,55,65)(H,56,61)(H,57,58)/b15-13+. The van der Waals surface area contributed by atoms with Crippen LogP contribution in [-0.2, 0) is 70.2 Å². The van der Waals surface area contributed by atoms with Crippen LogP contribution in [0.25, 0.3) is 0 Å². The summed E-state index contributed by atoms with van der Waals surface area (Å²) >= 11 is 13.6. The van der Waals surface area contributed by atoms with Gasteiger partial charge in [-0.25, -0.2) is 14.4 Å². The fraction of sp³-hybridized carbons (Fsp3) is 0.569. The molecule has 0 saturated heterocycles. The van der Waals surface area contributed by atoms with Gasteiger partial charge in [0.05, 0.1) is 10.8 Å². The maximum absolute atomic E-state index is 14.2. The van der Waals surface area contributed by atoms with Crippen LogP contribution in [-0.4, -0.2) is 103 Å². The molecule has 0 saturated carbocycles. The first kappa shape index (κ1) is 59.4. The maximum Gasteiger partial charge on any atom is 0.408 e. The van der Waals surface area contributed by atoms with Crippen LogP contribution in [0, 0.1) is 24.2 Å². The minimum atomic E-state index is -1.41. The Morgan fingerprint density at radius 2 is 1.42 bits per heavy atom. The van der Waals surface area contributed by atoms with E-state index in [-0.39, 0.29) is 38.3 Å². The zero-order chi connectivity index (χ0) is 53.4. The van der Waals surface area contributed by atoms with E-state index in [4.69, 9.17) is 51.6 Å². The Morgan fingerprint density at radius 3 is 1.99 bits per heavy atom. The summed E-state index contributed by atoms with van der Waals surface area (Å²) in [7, 11) is 0. The number of halogens is 2. The van der Waals surface area contributed by atoms with Crippen molar-refractivity contribution in [2.75, 3.05) is 19.6 Å². The first-order chi connectivity index (χ1) is 32.9. The van der Waals surface area contributed by atoms with Crippen LogP contribution in [0.3, 0.4) is 0 Å². The largest absolute Gasteiger partial charge is 0.460 e. The molecule has 1 aliphatic heterocycles. The molecule has 71 heavy (non-hydrogen) atoms. The number of carbonyl (C=O) groups excluding carboxylic acids is 8. The van der Waals surface area contributed by atoms with E-state index in [0.717, 1.165) is 5.56 Å². The molecule has 2 aromatic carbocycles. The predicted molar refractivity (Wildman–Crippen MR) is 264 cm³/mol. The lowest BCUT2D eigenvalue weighted by molar-refractivity contribution is -0.181. The van der Waals surface area contributed by atoms with Crippen molar-refractivity contribution in [3.05, 3.63) is 81.9 Å². The number of hydrogen-bond acceptors (Lipinski definition) is 14. The van der Waals surface area contributed by atoms with Crippen molar-refractivity contribution in [2.45, 2.75) is 150 Å². The highest BCUT2D eigenvalue weighted by Gasteiger charge is 2.40. The van der Waals surface area contributed by atoms with Gasteiger partial charge in [-0.1, -0.05) is 74.8 Å². The molecule has 4 amide bonds. The van der Waals surface area contributed by atoms with E-state index >= 15 is 0 Å². The molecule has 0 bridgehead atoms. The summed E-state index contributed by atoms with van der Waals surface area (Å²) in [4.78, 5) is 106. The van der Waals surface area contributed by atoms with Crippen molar-refractivity contribution in [3.63, 3.8) is 0 Å². The molecule has 18 nitrogen and oxygen atoms in total. The van der Waals surface area contributed by atoms with Crippen molar-refractivity contribution in [2.24, 2.45) is 17.3 Å². The second-order valence-corrected chi connectivity index (χ2v) is 21.3. The molecule has 4 N–H and O–H groups in total. The van der Waals surface area contributed by atoms with Crippen LogP contribution < -0.4 is 21.3 Å². The molecule has 392 valence electrons. The molecule has 0 fully saturated rings. The number of aryl methyl sites for hydroxylation is 1. The molecular formula is C51H70Cl2N4O14. The van der Waals surface area contributed by atoms with Crippen LogP contribution in [0.4, 0.5) is 9.59 Å². The lowest BCUT2D eigenvalue weighted by atomic mass is 9.90. The van der Waals surface area contributed by atoms with Gasteiger partial charge in [-0.3, -0.25) is 24.0 Å². The third-order valence-corrected chi connectivity index (χ3v) is 11.5. The van der Waals surface area contributed by atoms with Crippen LogP contribution in [0.5, 0.6) is 0 Å². The molecule has 0 radical (unpaired) electrons. The quantitative estimate of drug-likeness (QED) is 0.0780. The molecular weight excluding hydrogens is 963 g/mol. The number of hydrogen-bond donors (Lipinski definition) is 4. The summed E-state index contributed by atoms with van der Waals surface area (Å²) in [6, 6.07) is 10.6. The average Bonchev–Trinajstić information content (AvgIpc) is 3.26. The topological polar surface area (TPSA) is 240 Å². The van der Waals surface area contributed by atoms with Crippen LogP contribution in [0.2, 0.25) is 5.02 Å². The first-order valence-electron chi connectivity index (χ1n) is 23.4. The Labute approximate surface area is 426 Å². The number of alkyl carbamates (subject to hydrolysis) is 2. The van der Waals surface area contributed by atoms with Crippen molar-refractivity contribution in [1.29, 1.82) is 0 Å². The minimum absolute atomic E-state index is 0.0520. The zero-order valence-electron chi connectivity index (χ0n) is 42.7. The first-order valence-corrected chi connectivity index (χ1v) is 24.2. The van der Waals surface area contributed by atoms with E-state index < -0.39 is 113 Å². The summed E-state index contributed by atoms with van der Waals surface area (Å²) in [5.74, 6) is -5.76. The van der Waals surface area contributed by atoms with E-state index in [2.05, 4.69) is 21.3 Å². The van der Waals surface area contributed by atoms with Crippen LogP contribution in [0.1, 0.15) is 117 Å². The SMILES string of the molecule is Cc1ccc(CC2NC(=O)/C=C/CC(C(C)C(OC(=O)CNC(=O)OC(C)(C)C)C(Cl)c3ccc(COC(=O)CNC(=O)OC(C)(C)C)cc3)OC(=O)C(CC(C)C)OC(=O)C(C)(C)CNC2=O)cc1Cl. The Morgan fingerprint density at radius 1 is 0.845 bits per heavy atom. The normalized spacial score (nSPS) is 19.8. The summed E-state index contributed by atoms with van der Waals surface area (Å²) in [6.07, 6.45) is -3.05. The highest BCUT2D eigenvalue weighted by molar-refractivity contribution is 6.31. The van der Waals surface area contributed by atoms with Gasteiger partial charge in [-0.05, 0) is 109 Å². The lowest BCUT2D eigenvalue weighted by Crippen LogP contribution is -2.51. The van der Waals surface area contributed by atoms with Crippen molar-refractivity contribution in [1.82, 2.24) is 21.3 Å². The monoisotopic (exact) mass is 1030 g/mol. The maximum atomic E-state index is 14.2. The highest BCUT2D eigenvalue weighted by atomic mass is 35.5. The van der Waals surface area contributed by atoms with E-state index in [1.165, 1.54) is 12.2 Å². The van der Waals surface area contributed by atoms with Gasteiger partial charge in [0.1, 0.15) is 49.1 Å². The number of amides is 4. The van der Waals surface area contributed by atoms with Crippen molar-refractivity contribution >= 4 is 71.1 Å². The summed E-state index contributed by atoms with van der Waals surface area (Å²) in [5.41, 5.74) is -0.545. The molecule has 0 aliphatic carbocycles. The Balaban J connectivity index is 2.02. The molecule has 2 aromatic rings. The van der Waals surface area contributed by atoms with Gasteiger partial charge in [0, 0.05) is 30.3 Å².